The van der Waals surface area contributed by atoms with Crippen molar-refractivity contribution in [2.45, 2.75) is 38.6 Å². The Morgan fingerprint density at radius 1 is 1.48 bits per heavy atom. The van der Waals surface area contributed by atoms with Crippen molar-refractivity contribution in [1.82, 2.24) is 9.88 Å². The lowest BCUT2D eigenvalue weighted by atomic mass is 10.1. The van der Waals surface area contributed by atoms with Crippen LogP contribution in [0.15, 0.2) is 12.1 Å². The van der Waals surface area contributed by atoms with Crippen molar-refractivity contribution in [3.05, 3.63) is 22.8 Å². The second kappa shape index (κ2) is 7.61. The van der Waals surface area contributed by atoms with Crippen LogP contribution < -0.4 is 5.32 Å². The van der Waals surface area contributed by atoms with Crippen LogP contribution in [0.3, 0.4) is 0 Å². The Labute approximate surface area is 130 Å². The SMILES string of the molecule is CCNc1cc(C(=O)N(CCO)C2CCCC2)cc(Cl)n1. The Morgan fingerprint density at radius 3 is 2.81 bits per heavy atom. The van der Waals surface area contributed by atoms with Gasteiger partial charge in [-0.15, -0.1) is 0 Å². The van der Waals surface area contributed by atoms with Gasteiger partial charge in [-0.1, -0.05) is 24.4 Å². The minimum atomic E-state index is -0.0839. The van der Waals surface area contributed by atoms with Gasteiger partial charge in [0.05, 0.1) is 6.61 Å². The van der Waals surface area contributed by atoms with E-state index in [-0.39, 0.29) is 18.6 Å². The minimum absolute atomic E-state index is 0.0267. The highest BCUT2D eigenvalue weighted by Gasteiger charge is 2.27. The van der Waals surface area contributed by atoms with E-state index in [0.29, 0.717) is 29.6 Å². The van der Waals surface area contributed by atoms with E-state index in [4.69, 9.17) is 11.6 Å². The lowest BCUT2D eigenvalue weighted by Crippen LogP contribution is -2.40. The van der Waals surface area contributed by atoms with Gasteiger partial charge >= 0.3 is 0 Å². The van der Waals surface area contributed by atoms with E-state index >= 15 is 0 Å². The number of hydrogen-bond acceptors (Lipinski definition) is 4. The van der Waals surface area contributed by atoms with Crippen molar-refractivity contribution in [2.24, 2.45) is 0 Å². The molecule has 5 nitrogen and oxygen atoms in total. The van der Waals surface area contributed by atoms with Gasteiger partial charge in [-0.05, 0) is 31.9 Å². The van der Waals surface area contributed by atoms with Crippen LogP contribution in [-0.2, 0) is 0 Å². The third-order valence-corrected chi connectivity index (χ3v) is 3.96. The summed E-state index contributed by atoms with van der Waals surface area (Å²) in [6, 6.07) is 3.53. The monoisotopic (exact) mass is 311 g/mol. The molecule has 2 N–H and O–H groups in total. The van der Waals surface area contributed by atoms with Gasteiger partial charge in [0.2, 0.25) is 0 Å². The molecule has 1 saturated carbocycles. The summed E-state index contributed by atoms with van der Waals surface area (Å²) in [5.41, 5.74) is 0.520. The van der Waals surface area contributed by atoms with Crippen LogP contribution in [0.4, 0.5) is 5.82 Å². The van der Waals surface area contributed by atoms with E-state index < -0.39 is 0 Å². The van der Waals surface area contributed by atoms with Crippen molar-refractivity contribution in [3.8, 4) is 0 Å². The number of aromatic nitrogens is 1. The highest BCUT2D eigenvalue weighted by molar-refractivity contribution is 6.29. The number of halogens is 1. The number of aliphatic hydroxyl groups excluding tert-OH is 1. The Kier molecular flexibility index (Phi) is 5.82. The first-order valence-electron chi connectivity index (χ1n) is 7.49. The summed E-state index contributed by atoms with van der Waals surface area (Å²) in [5.74, 6) is 0.517. The predicted molar refractivity (Wildman–Crippen MR) is 83.8 cm³/mol. The molecule has 0 saturated heterocycles. The number of nitrogens with zero attached hydrogens (tertiary/aromatic N) is 2. The first kappa shape index (κ1) is 16.0. The maximum Gasteiger partial charge on any atom is 0.254 e. The molecule has 1 aromatic heterocycles. The van der Waals surface area contributed by atoms with Gasteiger partial charge in [-0.3, -0.25) is 4.79 Å². The zero-order chi connectivity index (χ0) is 15.2. The van der Waals surface area contributed by atoms with Gasteiger partial charge in [-0.2, -0.15) is 0 Å². The zero-order valence-corrected chi connectivity index (χ0v) is 13.1. The van der Waals surface area contributed by atoms with E-state index in [2.05, 4.69) is 10.3 Å². The molecule has 0 spiro atoms. The molecule has 6 heteroatoms. The summed E-state index contributed by atoms with van der Waals surface area (Å²) in [4.78, 5) is 18.6. The fraction of sp³-hybridized carbons (Fsp3) is 0.600. The van der Waals surface area contributed by atoms with Gasteiger partial charge in [0, 0.05) is 24.7 Å². The minimum Gasteiger partial charge on any atom is -0.395 e. The number of rotatable bonds is 6. The molecule has 1 aliphatic carbocycles. The molecular weight excluding hydrogens is 290 g/mol. The molecule has 2 rings (SSSR count). The summed E-state index contributed by atoms with van der Waals surface area (Å²) in [7, 11) is 0. The van der Waals surface area contributed by atoms with Gasteiger partial charge in [-0.25, -0.2) is 4.98 Å². The molecule has 0 radical (unpaired) electrons. The van der Waals surface area contributed by atoms with E-state index in [0.717, 1.165) is 25.7 Å². The molecular formula is C15H22ClN3O2. The summed E-state index contributed by atoms with van der Waals surface area (Å²) in [5, 5.41) is 12.6. The molecule has 0 unspecified atom stereocenters. The summed E-state index contributed by atoms with van der Waals surface area (Å²) < 4.78 is 0. The molecule has 0 aromatic carbocycles. The van der Waals surface area contributed by atoms with Crippen LogP contribution in [0.25, 0.3) is 0 Å². The first-order valence-corrected chi connectivity index (χ1v) is 7.86. The van der Waals surface area contributed by atoms with E-state index in [1.54, 1.807) is 17.0 Å². The van der Waals surface area contributed by atoms with Crippen LogP contribution in [-0.4, -0.2) is 46.6 Å². The second-order valence-corrected chi connectivity index (χ2v) is 5.64. The lowest BCUT2D eigenvalue weighted by Gasteiger charge is -2.28. The predicted octanol–water partition coefficient (Wildman–Crippen LogP) is 2.54. The summed E-state index contributed by atoms with van der Waals surface area (Å²) >= 11 is 6.00. The Hall–Kier alpha value is -1.33. The van der Waals surface area contributed by atoms with Gasteiger partial charge in [0.25, 0.3) is 5.91 Å². The highest BCUT2D eigenvalue weighted by Crippen LogP contribution is 2.25. The summed E-state index contributed by atoms with van der Waals surface area (Å²) in [6.45, 7) is 3.01. The van der Waals surface area contributed by atoms with E-state index in [9.17, 15) is 9.90 Å². The largest absolute Gasteiger partial charge is 0.395 e. The van der Waals surface area contributed by atoms with Crippen LogP contribution in [0.2, 0.25) is 5.15 Å². The third-order valence-electron chi connectivity index (χ3n) is 3.77. The Balaban J connectivity index is 2.22. The topological polar surface area (TPSA) is 65.5 Å². The molecule has 1 aliphatic rings. The fourth-order valence-corrected chi connectivity index (χ4v) is 3.04. The number of hydrogen-bond donors (Lipinski definition) is 2. The quantitative estimate of drug-likeness (QED) is 0.792. The average molecular weight is 312 g/mol. The van der Waals surface area contributed by atoms with Crippen molar-refractivity contribution >= 4 is 23.3 Å². The van der Waals surface area contributed by atoms with Crippen molar-refractivity contribution in [3.63, 3.8) is 0 Å². The number of carbonyl (C=O) groups is 1. The van der Waals surface area contributed by atoms with Crippen molar-refractivity contribution < 1.29 is 9.90 Å². The molecule has 1 fully saturated rings. The molecule has 1 aromatic rings. The first-order chi connectivity index (χ1) is 10.2. The Morgan fingerprint density at radius 2 is 2.19 bits per heavy atom. The van der Waals surface area contributed by atoms with Crippen molar-refractivity contribution in [2.75, 3.05) is 25.0 Å². The van der Waals surface area contributed by atoms with Gasteiger partial charge < -0.3 is 15.3 Å². The molecule has 116 valence electrons. The van der Waals surface area contributed by atoms with Crippen molar-refractivity contribution in [1.29, 1.82) is 0 Å². The molecule has 0 atom stereocenters. The molecule has 0 bridgehead atoms. The van der Waals surface area contributed by atoms with Gasteiger partial charge in [0.15, 0.2) is 0 Å². The maximum absolute atomic E-state index is 12.7. The smallest absolute Gasteiger partial charge is 0.254 e. The van der Waals surface area contributed by atoms with Gasteiger partial charge in [0.1, 0.15) is 11.0 Å². The second-order valence-electron chi connectivity index (χ2n) is 5.25. The fourth-order valence-electron chi connectivity index (χ4n) is 2.83. The number of amides is 1. The number of pyridine rings is 1. The number of anilines is 1. The number of nitrogens with one attached hydrogen (secondary N) is 1. The van der Waals surface area contributed by atoms with Crippen LogP contribution in [0.1, 0.15) is 43.0 Å². The maximum atomic E-state index is 12.7. The zero-order valence-electron chi connectivity index (χ0n) is 12.3. The number of carbonyl (C=O) groups excluding carboxylic acids is 1. The van der Waals surface area contributed by atoms with E-state index in [1.807, 2.05) is 6.92 Å². The average Bonchev–Trinajstić information content (AvgIpc) is 2.97. The van der Waals surface area contributed by atoms with Crippen LogP contribution in [0, 0.1) is 0 Å². The molecule has 1 amide bonds. The normalized spacial score (nSPS) is 15.2. The third kappa shape index (κ3) is 4.08. The molecule has 21 heavy (non-hydrogen) atoms. The summed E-state index contributed by atoms with van der Waals surface area (Å²) in [6.07, 6.45) is 4.29. The standard InChI is InChI=1S/C15H22ClN3O2/c1-2-17-14-10-11(9-13(16)18-14)15(21)19(7-8-20)12-5-3-4-6-12/h9-10,12,20H,2-8H2,1H3,(H,17,18). The Bertz CT molecular complexity index is 490. The molecule has 0 aliphatic heterocycles. The number of aliphatic hydroxyl groups is 1. The van der Waals surface area contributed by atoms with Crippen LogP contribution >= 0.6 is 11.6 Å². The lowest BCUT2D eigenvalue weighted by molar-refractivity contribution is 0.0638. The van der Waals surface area contributed by atoms with E-state index in [1.165, 1.54) is 0 Å². The van der Waals surface area contributed by atoms with Crippen LogP contribution in [0.5, 0.6) is 0 Å². The molecule has 1 heterocycles. The highest BCUT2D eigenvalue weighted by atomic mass is 35.5.